The highest BCUT2D eigenvalue weighted by Crippen LogP contribution is 2.21. The maximum Gasteiger partial charge on any atom is 0.243 e. The van der Waals surface area contributed by atoms with E-state index < -0.39 is 27.3 Å². The molecular formula is C16H15F2N5O3S. The molecule has 0 atom stereocenters. The largest absolute Gasteiger partial charge is 0.395 e. The fraction of sp³-hybridized carbons (Fsp3) is 0.188. The van der Waals surface area contributed by atoms with Gasteiger partial charge in [0.15, 0.2) is 0 Å². The van der Waals surface area contributed by atoms with Crippen molar-refractivity contribution in [2.24, 2.45) is 0 Å². The van der Waals surface area contributed by atoms with Gasteiger partial charge < -0.3 is 5.11 Å². The third kappa shape index (κ3) is 4.51. The highest BCUT2D eigenvalue weighted by Gasteiger charge is 2.20. The molecule has 1 heterocycles. The molecule has 0 unspecified atom stereocenters. The molecule has 0 spiro atoms. The van der Waals surface area contributed by atoms with Gasteiger partial charge >= 0.3 is 0 Å². The minimum absolute atomic E-state index is 0.114. The van der Waals surface area contributed by atoms with Gasteiger partial charge in [0.25, 0.3) is 0 Å². The molecule has 0 bridgehead atoms. The lowest BCUT2D eigenvalue weighted by atomic mass is 10.2. The van der Waals surface area contributed by atoms with E-state index in [0.717, 1.165) is 17.7 Å². The number of nitrogens with one attached hydrogen (secondary N) is 1. The van der Waals surface area contributed by atoms with E-state index in [-0.39, 0.29) is 30.3 Å². The maximum absolute atomic E-state index is 14.3. The number of benzene rings is 2. The van der Waals surface area contributed by atoms with Crippen LogP contribution in [0, 0.1) is 11.6 Å². The van der Waals surface area contributed by atoms with Crippen LogP contribution < -0.4 is 4.72 Å². The van der Waals surface area contributed by atoms with Crippen LogP contribution in [0.5, 0.6) is 0 Å². The molecule has 3 aromatic rings. The van der Waals surface area contributed by atoms with E-state index in [4.69, 9.17) is 5.11 Å². The Morgan fingerprint density at radius 2 is 1.85 bits per heavy atom. The van der Waals surface area contributed by atoms with Gasteiger partial charge in [0.1, 0.15) is 16.5 Å². The van der Waals surface area contributed by atoms with E-state index in [1.54, 1.807) is 12.1 Å². The van der Waals surface area contributed by atoms with E-state index >= 15 is 0 Å². The van der Waals surface area contributed by atoms with Crippen molar-refractivity contribution in [1.82, 2.24) is 24.9 Å². The summed E-state index contributed by atoms with van der Waals surface area (Å²) in [6, 6.07) is 9.22. The quantitative estimate of drug-likeness (QED) is 0.616. The number of nitrogens with zero attached hydrogens (tertiary/aromatic N) is 4. The van der Waals surface area contributed by atoms with E-state index in [0.29, 0.717) is 0 Å². The second kappa shape index (κ2) is 7.86. The van der Waals surface area contributed by atoms with E-state index in [9.17, 15) is 17.2 Å². The maximum atomic E-state index is 14.3. The normalized spacial score (nSPS) is 11.7. The first-order chi connectivity index (χ1) is 12.9. The van der Waals surface area contributed by atoms with Crippen molar-refractivity contribution in [1.29, 1.82) is 0 Å². The topological polar surface area (TPSA) is 110 Å². The van der Waals surface area contributed by atoms with Crippen LogP contribution in [-0.2, 0) is 16.6 Å². The lowest BCUT2D eigenvalue weighted by Crippen LogP contribution is -2.27. The van der Waals surface area contributed by atoms with Crippen LogP contribution in [0.4, 0.5) is 8.78 Å². The summed E-state index contributed by atoms with van der Waals surface area (Å²) in [6.07, 6.45) is 0. The number of hydrogen-bond acceptors (Lipinski definition) is 6. The van der Waals surface area contributed by atoms with Gasteiger partial charge in [-0.15, -0.1) is 10.2 Å². The van der Waals surface area contributed by atoms with Gasteiger partial charge in [-0.1, -0.05) is 12.1 Å². The SMILES string of the molecule is O=S(=O)(NCCO)c1ccc(-c2nnn(Cc3ccc(F)cc3)n2)cc1F. The van der Waals surface area contributed by atoms with E-state index in [1.807, 2.05) is 0 Å². The minimum Gasteiger partial charge on any atom is -0.395 e. The Kier molecular flexibility index (Phi) is 5.54. The van der Waals surface area contributed by atoms with Gasteiger partial charge in [-0.3, -0.25) is 0 Å². The van der Waals surface area contributed by atoms with Gasteiger partial charge in [0.2, 0.25) is 15.8 Å². The number of halogens is 2. The molecule has 0 aliphatic carbocycles. The van der Waals surface area contributed by atoms with Gasteiger partial charge in [-0.05, 0) is 41.1 Å². The Labute approximate surface area is 153 Å². The number of aliphatic hydroxyl groups excluding tert-OH is 1. The molecule has 0 saturated carbocycles. The molecule has 11 heteroatoms. The summed E-state index contributed by atoms with van der Waals surface area (Å²) in [5, 5.41) is 20.5. The smallest absolute Gasteiger partial charge is 0.243 e. The molecule has 0 saturated heterocycles. The van der Waals surface area contributed by atoms with Gasteiger partial charge in [0.05, 0.1) is 13.2 Å². The zero-order valence-electron chi connectivity index (χ0n) is 13.9. The third-order valence-electron chi connectivity index (χ3n) is 3.57. The Morgan fingerprint density at radius 3 is 2.52 bits per heavy atom. The van der Waals surface area contributed by atoms with Crippen molar-refractivity contribution in [2.75, 3.05) is 13.2 Å². The zero-order chi connectivity index (χ0) is 19.4. The van der Waals surface area contributed by atoms with Gasteiger partial charge in [0, 0.05) is 12.1 Å². The molecule has 27 heavy (non-hydrogen) atoms. The summed E-state index contributed by atoms with van der Waals surface area (Å²) in [5.74, 6) is -1.22. The first kappa shape index (κ1) is 19.0. The van der Waals surface area contributed by atoms with Crippen molar-refractivity contribution >= 4 is 10.0 Å². The van der Waals surface area contributed by atoms with Crippen LogP contribution in [0.25, 0.3) is 11.4 Å². The Bertz CT molecular complexity index is 1040. The average Bonchev–Trinajstić information content (AvgIpc) is 3.10. The molecular weight excluding hydrogens is 380 g/mol. The number of aromatic nitrogens is 4. The predicted molar refractivity (Wildman–Crippen MR) is 91.0 cm³/mol. The standard InChI is InChI=1S/C16H15F2N5O3S/c17-13-4-1-11(2-5-13)10-23-21-16(20-22-23)12-3-6-15(14(18)9-12)27(25,26)19-7-8-24/h1-6,9,19,24H,7-8,10H2. The van der Waals surface area contributed by atoms with Crippen molar-refractivity contribution in [3.8, 4) is 11.4 Å². The minimum atomic E-state index is -4.07. The first-order valence-corrected chi connectivity index (χ1v) is 9.30. The lowest BCUT2D eigenvalue weighted by molar-refractivity contribution is 0.301. The highest BCUT2D eigenvalue weighted by atomic mass is 32.2. The Hall–Kier alpha value is -2.76. The van der Waals surface area contributed by atoms with Crippen LogP contribution in [-0.4, -0.2) is 46.9 Å². The van der Waals surface area contributed by atoms with Gasteiger partial charge in [-0.25, -0.2) is 21.9 Å². The molecule has 0 radical (unpaired) electrons. The van der Waals surface area contributed by atoms with Crippen molar-refractivity contribution < 1.29 is 22.3 Å². The first-order valence-electron chi connectivity index (χ1n) is 7.82. The van der Waals surface area contributed by atoms with Crippen LogP contribution in [0.15, 0.2) is 47.4 Å². The van der Waals surface area contributed by atoms with Crippen LogP contribution in [0.1, 0.15) is 5.56 Å². The average molecular weight is 395 g/mol. The third-order valence-corrected chi connectivity index (χ3v) is 5.07. The summed E-state index contributed by atoms with van der Waals surface area (Å²) in [4.78, 5) is 0.715. The molecule has 142 valence electrons. The second-order valence-corrected chi connectivity index (χ2v) is 7.27. The highest BCUT2D eigenvalue weighted by molar-refractivity contribution is 7.89. The summed E-state index contributed by atoms with van der Waals surface area (Å²) in [7, 11) is -4.07. The van der Waals surface area contributed by atoms with Crippen LogP contribution in [0.2, 0.25) is 0 Å². The number of sulfonamides is 1. The Morgan fingerprint density at radius 1 is 1.11 bits per heavy atom. The monoisotopic (exact) mass is 395 g/mol. The second-order valence-electron chi connectivity index (χ2n) is 5.54. The molecule has 8 nitrogen and oxygen atoms in total. The molecule has 2 N–H and O–H groups in total. The van der Waals surface area contributed by atoms with Crippen molar-refractivity contribution in [3.63, 3.8) is 0 Å². The number of hydrogen-bond donors (Lipinski definition) is 2. The molecule has 2 aromatic carbocycles. The molecule has 1 aromatic heterocycles. The van der Waals surface area contributed by atoms with Crippen LogP contribution >= 0.6 is 0 Å². The summed E-state index contributed by atoms with van der Waals surface area (Å²) in [6.45, 7) is -0.379. The predicted octanol–water partition coefficient (Wildman–Crippen LogP) is 0.937. The number of tetrazole rings is 1. The summed E-state index contributed by atoms with van der Waals surface area (Å²) >= 11 is 0. The fourth-order valence-electron chi connectivity index (χ4n) is 2.29. The van der Waals surface area contributed by atoms with Crippen molar-refractivity contribution in [2.45, 2.75) is 11.4 Å². The lowest BCUT2D eigenvalue weighted by Gasteiger charge is -2.07. The van der Waals surface area contributed by atoms with E-state index in [2.05, 4.69) is 20.1 Å². The summed E-state index contributed by atoms with van der Waals surface area (Å²) in [5.41, 5.74) is 1.00. The van der Waals surface area contributed by atoms with E-state index in [1.165, 1.54) is 23.0 Å². The number of rotatable bonds is 7. The molecule has 0 aliphatic rings. The number of aliphatic hydroxyl groups is 1. The molecule has 3 rings (SSSR count). The summed E-state index contributed by atoms with van der Waals surface area (Å²) < 4.78 is 53.2. The van der Waals surface area contributed by atoms with Gasteiger partial charge in [-0.2, -0.15) is 4.80 Å². The Balaban J connectivity index is 1.80. The molecule has 0 aliphatic heterocycles. The van der Waals surface area contributed by atoms with Crippen molar-refractivity contribution in [3.05, 3.63) is 59.7 Å². The van der Waals surface area contributed by atoms with Crippen LogP contribution in [0.3, 0.4) is 0 Å². The molecule has 0 fully saturated rings. The zero-order valence-corrected chi connectivity index (χ0v) is 14.7. The molecule has 0 amide bonds. The fourth-order valence-corrected chi connectivity index (χ4v) is 3.37.